The van der Waals surface area contributed by atoms with Gasteiger partial charge in [-0.2, -0.15) is 5.26 Å². The molecule has 0 saturated carbocycles. The van der Waals surface area contributed by atoms with Crippen molar-refractivity contribution in [1.82, 2.24) is 0 Å². The highest BCUT2D eigenvalue weighted by Gasteiger charge is 2.21. The van der Waals surface area contributed by atoms with Crippen LogP contribution in [0.4, 0.5) is 0 Å². The van der Waals surface area contributed by atoms with E-state index in [0.717, 1.165) is 18.2 Å². The van der Waals surface area contributed by atoms with Gasteiger partial charge in [0.25, 0.3) is 0 Å². The van der Waals surface area contributed by atoms with Crippen molar-refractivity contribution in [3.05, 3.63) is 33.8 Å². The zero-order valence-electron chi connectivity index (χ0n) is 10.8. The third-order valence-electron chi connectivity index (χ3n) is 2.70. The molecule has 0 fully saturated rings. The fourth-order valence-electron chi connectivity index (χ4n) is 1.63. The fraction of sp³-hybridized carbons (Fsp3) is 0.429. The maximum Gasteiger partial charge on any atom is 0.176 e. The average molecular weight is 316 g/mol. The Balaban J connectivity index is 2.86. The quantitative estimate of drug-likeness (QED) is 0.535. The second-order valence-electron chi connectivity index (χ2n) is 4.66. The summed E-state index contributed by atoms with van der Waals surface area (Å²) in [5.41, 5.74) is 0.505. The highest BCUT2D eigenvalue weighted by atomic mass is 35.5. The van der Waals surface area contributed by atoms with E-state index in [-0.39, 0.29) is 11.0 Å². The van der Waals surface area contributed by atoms with Crippen LogP contribution in [-0.2, 0) is 0 Å². The summed E-state index contributed by atoms with van der Waals surface area (Å²) in [6.45, 7) is 4.19. The number of ketones is 1. The molecule has 19 heavy (non-hydrogen) atoms. The topological polar surface area (TPSA) is 40.9 Å². The van der Waals surface area contributed by atoms with Crippen LogP contribution >= 0.6 is 35.0 Å². The molecule has 0 aliphatic carbocycles. The number of benzene rings is 1. The van der Waals surface area contributed by atoms with Crippen LogP contribution in [0.5, 0.6) is 0 Å². The summed E-state index contributed by atoms with van der Waals surface area (Å²) < 4.78 is 0. The predicted octanol–water partition coefficient (Wildman–Crippen LogP) is 5.20. The van der Waals surface area contributed by atoms with Gasteiger partial charge >= 0.3 is 0 Å². The van der Waals surface area contributed by atoms with Gasteiger partial charge in [-0.25, -0.2) is 0 Å². The van der Waals surface area contributed by atoms with Crippen molar-refractivity contribution in [1.29, 1.82) is 5.26 Å². The van der Waals surface area contributed by atoms with Gasteiger partial charge in [0.2, 0.25) is 0 Å². The van der Waals surface area contributed by atoms with Gasteiger partial charge in [-0.05, 0) is 48.7 Å². The summed E-state index contributed by atoms with van der Waals surface area (Å²) in [5, 5.41) is 11.3. The molecule has 1 aromatic carbocycles. The van der Waals surface area contributed by atoms with Crippen LogP contribution in [0.1, 0.15) is 37.0 Å². The van der Waals surface area contributed by atoms with E-state index in [1.54, 1.807) is 18.2 Å². The Bertz CT molecular complexity index is 497. The number of nitrogens with zero attached hydrogens (tertiary/aromatic N) is 1. The van der Waals surface area contributed by atoms with Crippen LogP contribution in [0.3, 0.4) is 0 Å². The van der Waals surface area contributed by atoms with Crippen molar-refractivity contribution in [2.24, 2.45) is 5.92 Å². The molecule has 0 aliphatic heterocycles. The van der Waals surface area contributed by atoms with Crippen molar-refractivity contribution in [2.75, 3.05) is 0 Å². The third-order valence-corrected chi connectivity index (χ3v) is 4.28. The number of hydrogen-bond acceptors (Lipinski definition) is 3. The lowest BCUT2D eigenvalue weighted by atomic mass is 10.0. The van der Waals surface area contributed by atoms with Gasteiger partial charge in [0.15, 0.2) is 5.78 Å². The highest BCUT2D eigenvalue weighted by Crippen LogP contribution is 2.27. The number of Topliss-reactive ketones (excluding diaryl/α,β-unsaturated/α-hetero) is 1. The van der Waals surface area contributed by atoms with Crippen LogP contribution in [0.25, 0.3) is 0 Å². The molecule has 1 unspecified atom stereocenters. The molecule has 0 radical (unpaired) electrons. The molecule has 0 amide bonds. The van der Waals surface area contributed by atoms with E-state index in [4.69, 9.17) is 28.5 Å². The van der Waals surface area contributed by atoms with E-state index < -0.39 is 0 Å². The first-order valence-electron chi connectivity index (χ1n) is 5.99. The number of halogens is 2. The van der Waals surface area contributed by atoms with Crippen molar-refractivity contribution in [2.45, 2.75) is 31.9 Å². The number of nitriles is 1. The Labute approximate surface area is 128 Å². The first-order chi connectivity index (χ1) is 8.95. The van der Waals surface area contributed by atoms with E-state index >= 15 is 0 Å². The normalized spacial score (nSPS) is 12.2. The lowest BCUT2D eigenvalue weighted by molar-refractivity contribution is 0.0985. The maximum atomic E-state index is 12.3. The zero-order chi connectivity index (χ0) is 14.4. The van der Waals surface area contributed by atoms with Crippen LogP contribution in [0.2, 0.25) is 10.0 Å². The van der Waals surface area contributed by atoms with Crippen molar-refractivity contribution in [3.8, 4) is 5.40 Å². The van der Waals surface area contributed by atoms with Crippen molar-refractivity contribution >= 4 is 40.7 Å². The van der Waals surface area contributed by atoms with Crippen LogP contribution < -0.4 is 0 Å². The van der Waals surface area contributed by atoms with E-state index in [1.807, 2.05) is 5.40 Å². The molecule has 102 valence electrons. The minimum absolute atomic E-state index is 0.0641. The second-order valence-corrected chi connectivity index (χ2v) is 6.46. The van der Waals surface area contributed by atoms with E-state index in [0.29, 0.717) is 27.9 Å². The van der Waals surface area contributed by atoms with Gasteiger partial charge in [-0.3, -0.25) is 4.79 Å². The minimum atomic E-state index is -0.343. The molecule has 0 aliphatic rings. The number of thiocyanates is 1. The van der Waals surface area contributed by atoms with Crippen LogP contribution in [-0.4, -0.2) is 11.0 Å². The smallest absolute Gasteiger partial charge is 0.176 e. The van der Waals surface area contributed by atoms with E-state index in [9.17, 15) is 4.79 Å². The standard InChI is InChI=1S/C14H15Cl2NOS/c1-9(2)3-6-13(19-8-17)14(18)10-4-5-11(15)12(16)7-10/h4-5,7,9,13H,3,6H2,1-2H3. The molecule has 2 nitrogen and oxygen atoms in total. The highest BCUT2D eigenvalue weighted by molar-refractivity contribution is 8.05. The molecular weight excluding hydrogens is 301 g/mol. The molecule has 0 N–H and O–H groups in total. The monoisotopic (exact) mass is 315 g/mol. The SMILES string of the molecule is CC(C)CCC(SC#N)C(=O)c1ccc(Cl)c(Cl)c1. The third kappa shape index (κ3) is 5.06. The van der Waals surface area contributed by atoms with Crippen LogP contribution in [0.15, 0.2) is 18.2 Å². The molecule has 0 heterocycles. The number of carbonyl (C=O) groups excluding carboxylic acids is 1. The first-order valence-corrected chi connectivity index (χ1v) is 7.63. The lowest BCUT2D eigenvalue weighted by Crippen LogP contribution is -2.17. The van der Waals surface area contributed by atoms with E-state index in [2.05, 4.69) is 13.8 Å². The van der Waals surface area contributed by atoms with Gasteiger partial charge < -0.3 is 0 Å². The first kappa shape index (κ1) is 16.4. The largest absolute Gasteiger partial charge is 0.293 e. The van der Waals surface area contributed by atoms with Crippen molar-refractivity contribution in [3.63, 3.8) is 0 Å². The molecule has 1 atom stereocenters. The molecule has 5 heteroatoms. The zero-order valence-corrected chi connectivity index (χ0v) is 13.1. The van der Waals surface area contributed by atoms with Gasteiger partial charge in [-0.15, -0.1) is 0 Å². The van der Waals surface area contributed by atoms with Crippen LogP contribution in [0, 0.1) is 16.6 Å². The van der Waals surface area contributed by atoms with E-state index in [1.165, 1.54) is 0 Å². The Morgan fingerprint density at radius 2 is 2.00 bits per heavy atom. The number of thioether (sulfide) groups is 1. The molecule has 0 bridgehead atoms. The number of hydrogen-bond donors (Lipinski definition) is 0. The fourth-order valence-corrected chi connectivity index (χ4v) is 2.55. The predicted molar refractivity (Wildman–Crippen MR) is 81.9 cm³/mol. The summed E-state index contributed by atoms with van der Waals surface area (Å²) in [6.07, 6.45) is 1.60. The summed E-state index contributed by atoms with van der Waals surface area (Å²) >= 11 is 12.8. The molecule has 0 spiro atoms. The maximum absolute atomic E-state index is 12.3. The summed E-state index contributed by atoms with van der Waals surface area (Å²) in [6, 6.07) is 4.82. The van der Waals surface area contributed by atoms with Gasteiger partial charge in [0, 0.05) is 5.56 Å². The second kappa shape index (κ2) is 7.79. The molecule has 0 saturated heterocycles. The summed E-state index contributed by atoms with van der Waals surface area (Å²) in [4.78, 5) is 12.3. The van der Waals surface area contributed by atoms with Gasteiger partial charge in [0.1, 0.15) is 5.40 Å². The summed E-state index contributed by atoms with van der Waals surface area (Å²) in [5.74, 6) is 0.439. The Hall–Kier alpha value is -0.690. The summed E-state index contributed by atoms with van der Waals surface area (Å²) in [7, 11) is 0. The lowest BCUT2D eigenvalue weighted by Gasteiger charge is -2.13. The van der Waals surface area contributed by atoms with Gasteiger partial charge in [-0.1, -0.05) is 37.0 Å². The Kier molecular flexibility index (Phi) is 6.71. The Morgan fingerprint density at radius 1 is 1.32 bits per heavy atom. The van der Waals surface area contributed by atoms with Crippen molar-refractivity contribution < 1.29 is 4.79 Å². The molecule has 0 aromatic heterocycles. The molecule has 1 aromatic rings. The Morgan fingerprint density at radius 3 is 2.53 bits per heavy atom. The molecule has 1 rings (SSSR count). The van der Waals surface area contributed by atoms with Gasteiger partial charge in [0.05, 0.1) is 15.3 Å². The average Bonchev–Trinajstić information content (AvgIpc) is 2.36. The molecular formula is C14H15Cl2NOS. The number of rotatable bonds is 6. The minimum Gasteiger partial charge on any atom is -0.293 e. The number of carbonyl (C=O) groups is 1.